The number of hydrogen-bond donors (Lipinski definition) is 0. The van der Waals surface area contributed by atoms with Crippen molar-refractivity contribution in [2.45, 2.75) is 20.4 Å². The zero-order chi connectivity index (χ0) is 16.0. The number of aromatic nitrogens is 4. The molecule has 4 rings (SSSR count). The van der Waals surface area contributed by atoms with Gasteiger partial charge in [-0.25, -0.2) is 15.0 Å². The summed E-state index contributed by atoms with van der Waals surface area (Å²) in [5.74, 6) is 2.62. The standard InChI is InChI=1S/C17H24N6/c1-12-13(2)18-10-19-17(12)23-6-14-4-22(5-15(14)7-23)9-16-8-21(3)11-20-16/h8,10-11,14-15H,4-7,9H2,1-3H3. The normalized spacial score (nSPS) is 24.4. The highest BCUT2D eigenvalue weighted by molar-refractivity contribution is 5.48. The van der Waals surface area contributed by atoms with E-state index in [4.69, 9.17) is 0 Å². The molecule has 2 unspecified atom stereocenters. The summed E-state index contributed by atoms with van der Waals surface area (Å²) < 4.78 is 2.02. The van der Waals surface area contributed by atoms with Gasteiger partial charge in [0.1, 0.15) is 12.1 Å². The van der Waals surface area contributed by atoms with Crippen LogP contribution < -0.4 is 4.90 Å². The quantitative estimate of drug-likeness (QED) is 0.857. The van der Waals surface area contributed by atoms with E-state index in [1.165, 1.54) is 24.3 Å². The average molecular weight is 312 g/mol. The van der Waals surface area contributed by atoms with Crippen molar-refractivity contribution in [2.24, 2.45) is 18.9 Å². The third-order valence-corrected chi connectivity index (χ3v) is 5.31. The fraction of sp³-hybridized carbons (Fsp3) is 0.588. The van der Waals surface area contributed by atoms with Gasteiger partial charge in [0.05, 0.1) is 12.0 Å². The van der Waals surface area contributed by atoms with Crippen LogP contribution in [0.2, 0.25) is 0 Å². The molecule has 2 aliphatic rings. The highest BCUT2D eigenvalue weighted by Gasteiger charge is 2.40. The van der Waals surface area contributed by atoms with Crippen LogP contribution in [0, 0.1) is 25.7 Å². The lowest BCUT2D eigenvalue weighted by atomic mass is 10.0. The van der Waals surface area contributed by atoms with Gasteiger partial charge in [-0.3, -0.25) is 4.90 Å². The van der Waals surface area contributed by atoms with Crippen LogP contribution in [0.1, 0.15) is 17.0 Å². The number of imidazole rings is 1. The molecule has 23 heavy (non-hydrogen) atoms. The SMILES string of the molecule is Cc1ncnc(N2CC3CN(Cc4cn(C)cn4)CC3C2)c1C. The molecule has 0 radical (unpaired) electrons. The van der Waals surface area contributed by atoms with Gasteiger partial charge in [-0.2, -0.15) is 0 Å². The van der Waals surface area contributed by atoms with E-state index < -0.39 is 0 Å². The Morgan fingerprint density at radius 2 is 1.78 bits per heavy atom. The molecule has 2 aromatic rings. The molecular weight excluding hydrogens is 288 g/mol. The summed E-state index contributed by atoms with van der Waals surface area (Å²) in [5.41, 5.74) is 3.48. The van der Waals surface area contributed by atoms with Crippen molar-refractivity contribution in [1.82, 2.24) is 24.4 Å². The first-order chi connectivity index (χ1) is 11.1. The molecule has 2 aliphatic heterocycles. The topological polar surface area (TPSA) is 50.1 Å². The van der Waals surface area contributed by atoms with Gasteiger partial charge in [-0.1, -0.05) is 0 Å². The van der Waals surface area contributed by atoms with Crippen LogP contribution in [0.25, 0.3) is 0 Å². The fourth-order valence-corrected chi connectivity index (χ4v) is 4.01. The Morgan fingerprint density at radius 3 is 2.43 bits per heavy atom. The highest BCUT2D eigenvalue weighted by Crippen LogP contribution is 2.34. The van der Waals surface area contributed by atoms with E-state index in [1.807, 2.05) is 17.9 Å². The molecule has 0 bridgehead atoms. The molecule has 2 fully saturated rings. The summed E-state index contributed by atoms with van der Waals surface area (Å²) in [7, 11) is 2.03. The maximum atomic E-state index is 4.53. The summed E-state index contributed by atoms with van der Waals surface area (Å²) in [6.07, 6.45) is 5.70. The van der Waals surface area contributed by atoms with Crippen LogP contribution >= 0.6 is 0 Å². The lowest BCUT2D eigenvalue weighted by Gasteiger charge is -2.23. The molecule has 0 aliphatic carbocycles. The maximum Gasteiger partial charge on any atom is 0.135 e. The second-order valence-corrected chi connectivity index (χ2v) is 7.06. The van der Waals surface area contributed by atoms with Gasteiger partial charge in [-0.05, 0) is 25.7 Å². The zero-order valence-electron chi connectivity index (χ0n) is 14.1. The van der Waals surface area contributed by atoms with E-state index in [9.17, 15) is 0 Å². The first-order valence-corrected chi connectivity index (χ1v) is 8.32. The number of nitrogens with zero attached hydrogens (tertiary/aromatic N) is 6. The molecule has 6 nitrogen and oxygen atoms in total. The molecule has 0 N–H and O–H groups in total. The lowest BCUT2D eigenvalue weighted by Crippen LogP contribution is -2.29. The molecule has 122 valence electrons. The van der Waals surface area contributed by atoms with Crippen molar-refractivity contribution in [3.63, 3.8) is 0 Å². The van der Waals surface area contributed by atoms with Crippen molar-refractivity contribution >= 4 is 5.82 Å². The molecule has 6 heteroatoms. The predicted octanol–water partition coefficient (Wildman–Crippen LogP) is 1.40. The largest absolute Gasteiger partial charge is 0.356 e. The Labute approximate surface area is 137 Å². The van der Waals surface area contributed by atoms with E-state index in [-0.39, 0.29) is 0 Å². The van der Waals surface area contributed by atoms with Crippen molar-refractivity contribution in [1.29, 1.82) is 0 Å². The number of rotatable bonds is 3. The second-order valence-electron chi connectivity index (χ2n) is 7.06. The van der Waals surface area contributed by atoms with E-state index in [0.717, 1.165) is 43.0 Å². The second kappa shape index (κ2) is 5.60. The predicted molar refractivity (Wildman–Crippen MR) is 89.2 cm³/mol. The number of likely N-dealkylation sites (tertiary alicyclic amines) is 1. The monoisotopic (exact) mass is 312 g/mol. The molecule has 0 saturated carbocycles. The Bertz CT molecular complexity index is 695. The summed E-state index contributed by atoms with van der Waals surface area (Å²) in [4.78, 5) is 18.3. The Balaban J connectivity index is 1.41. The average Bonchev–Trinajstić information content (AvgIpc) is 3.17. The molecular formula is C17H24N6. The first-order valence-electron chi connectivity index (χ1n) is 8.32. The summed E-state index contributed by atoms with van der Waals surface area (Å²) in [6, 6.07) is 0. The van der Waals surface area contributed by atoms with Gasteiger partial charge in [0.2, 0.25) is 0 Å². The molecule has 0 spiro atoms. The van der Waals surface area contributed by atoms with Crippen molar-refractivity contribution in [3.8, 4) is 0 Å². The van der Waals surface area contributed by atoms with Gasteiger partial charge >= 0.3 is 0 Å². The van der Waals surface area contributed by atoms with E-state index >= 15 is 0 Å². The molecule has 4 heterocycles. The van der Waals surface area contributed by atoms with Gasteiger partial charge in [0.25, 0.3) is 0 Å². The maximum absolute atomic E-state index is 4.53. The van der Waals surface area contributed by atoms with Gasteiger partial charge < -0.3 is 9.47 Å². The van der Waals surface area contributed by atoms with Crippen molar-refractivity contribution < 1.29 is 0 Å². The number of aryl methyl sites for hydroxylation is 2. The minimum Gasteiger partial charge on any atom is -0.356 e. The van der Waals surface area contributed by atoms with Crippen LogP contribution in [0.15, 0.2) is 18.9 Å². The minimum absolute atomic E-state index is 0.744. The molecule has 2 aromatic heterocycles. The summed E-state index contributed by atoms with van der Waals surface area (Å²) >= 11 is 0. The minimum atomic E-state index is 0.744. The van der Waals surface area contributed by atoms with Crippen LogP contribution in [0.5, 0.6) is 0 Å². The van der Waals surface area contributed by atoms with Crippen LogP contribution in [0.3, 0.4) is 0 Å². The molecule has 2 saturated heterocycles. The van der Waals surface area contributed by atoms with Crippen LogP contribution in [-0.2, 0) is 13.6 Å². The Hall–Kier alpha value is -1.95. The molecule has 0 aromatic carbocycles. The van der Waals surface area contributed by atoms with E-state index in [0.29, 0.717) is 0 Å². The zero-order valence-corrected chi connectivity index (χ0v) is 14.1. The van der Waals surface area contributed by atoms with E-state index in [2.05, 4.69) is 44.8 Å². The molecule has 2 atom stereocenters. The Morgan fingerprint density at radius 1 is 1.04 bits per heavy atom. The summed E-state index contributed by atoms with van der Waals surface area (Å²) in [6.45, 7) is 9.72. The molecule has 0 amide bonds. The van der Waals surface area contributed by atoms with Gasteiger partial charge in [0.15, 0.2) is 0 Å². The number of hydrogen-bond acceptors (Lipinski definition) is 5. The first kappa shape index (κ1) is 14.6. The number of anilines is 1. The highest BCUT2D eigenvalue weighted by atomic mass is 15.3. The lowest BCUT2D eigenvalue weighted by molar-refractivity contribution is 0.305. The summed E-state index contributed by atoms with van der Waals surface area (Å²) in [5, 5.41) is 0. The van der Waals surface area contributed by atoms with Gasteiger partial charge in [-0.15, -0.1) is 0 Å². The Kier molecular flexibility index (Phi) is 3.56. The van der Waals surface area contributed by atoms with Crippen molar-refractivity contribution in [2.75, 3.05) is 31.1 Å². The van der Waals surface area contributed by atoms with Crippen molar-refractivity contribution in [3.05, 3.63) is 35.8 Å². The fourth-order valence-electron chi connectivity index (χ4n) is 4.01. The third kappa shape index (κ3) is 2.72. The van der Waals surface area contributed by atoms with Gasteiger partial charge in [0, 0.05) is 57.2 Å². The smallest absolute Gasteiger partial charge is 0.135 e. The van der Waals surface area contributed by atoms with Crippen LogP contribution in [-0.4, -0.2) is 50.6 Å². The number of fused-ring (bicyclic) bond motifs is 1. The van der Waals surface area contributed by atoms with E-state index in [1.54, 1.807) is 6.33 Å². The third-order valence-electron chi connectivity index (χ3n) is 5.31. The van der Waals surface area contributed by atoms with Crippen LogP contribution in [0.4, 0.5) is 5.82 Å².